The van der Waals surface area contributed by atoms with Gasteiger partial charge >= 0.3 is 0 Å². The van der Waals surface area contributed by atoms with Crippen LogP contribution in [0.4, 0.5) is 17.1 Å². The van der Waals surface area contributed by atoms with Crippen molar-refractivity contribution in [3.8, 4) is 5.75 Å². The summed E-state index contributed by atoms with van der Waals surface area (Å²) in [6.07, 6.45) is 0. The van der Waals surface area contributed by atoms with E-state index in [9.17, 15) is 5.11 Å². The molecule has 0 fully saturated rings. The van der Waals surface area contributed by atoms with Crippen LogP contribution >= 0.6 is 0 Å². The van der Waals surface area contributed by atoms with E-state index in [1.165, 1.54) is 0 Å². The summed E-state index contributed by atoms with van der Waals surface area (Å²) in [5.41, 5.74) is 4.74. The number of aromatic hydroxyl groups is 1. The van der Waals surface area contributed by atoms with Crippen LogP contribution in [0.2, 0.25) is 0 Å². The minimum absolute atomic E-state index is 0.240. The Morgan fingerprint density at radius 2 is 1.22 bits per heavy atom. The maximum atomic E-state index is 9.80. The van der Waals surface area contributed by atoms with Crippen molar-refractivity contribution in [1.82, 2.24) is 0 Å². The number of phenolic OH excluding ortho intramolecular Hbond substituents is 1. The lowest BCUT2D eigenvalue weighted by Gasteiger charge is -2.25. The molecule has 0 spiro atoms. The van der Waals surface area contributed by atoms with E-state index < -0.39 is 0 Å². The summed E-state index contributed by atoms with van der Waals surface area (Å²) in [5, 5.41) is 11.7. The number of fused-ring (bicyclic) bond motifs is 3. The lowest BCUT2D eigenvalue weighted by atomic mass is 10.1. The van der Waals surface area contributed by atoms with Crippen LogP contribution < -0.4 is 4.90 Å². The molecule has 3 heteroatoms. The first-order valence-corrected chi connectivity index (χ1v) is 8.85. The molecule has 0 aliphatic heterocycles. The predicted molar refractivity (Wildman–Crippen MR) is 110 cm³/mol. The minimum atomic E-state index is 0.240. The Labute approximate surface area is 156 Å². The topological polar surface area (TPSA) is 36.6 Å². The summed E-state index contributed by atoms with van der Waals surface area (Å²) in [4.78, 5) is 2.20. The molecule has 1 N–H and O–H groups in total. The van der Waals surface area contributed by atoms with E-state index in [1.54, 1.807) is 18.2 Å². The third-order valence-corrected chi connectivity index (χ3v) is 4.73. The number of phenols is 1. The molecule has 0 atom stereocenters. The molecule has 0 unspecified atom stereocenters. The monoisotopic (exact) mass is 351 g/mol. The molecule has 0 aliphatic rings. The minimum Gasteiger partial charge on any atom is -0.508 e. The van der Waals surface area contributed by atoms with Gasteiger partial charge in [0, 0.05) is 33.9 Å². The summed E-state index contributed by atoms with van der Waals surface area (Å²) in [6.45, 7) is 0. The number of anilines is 3. The second-order valence-electron chi connectivity index (χ2n) is 6.47. The third-order valence-electron chi connectivity index (χ3n) is 4.73. The van der Waals surface area contributed by atoms with Gasteiger partial charge in [-0.3, -0.25) is 0 Å². The van der Waals surface area contributed by atoms with Crippen LogP contribution in [0.1, 0.15) is 0 Å². The molecule has 27 heavy (non-hydrogen) atoms. The van der Waals surface area contributed by atoms with Gasteiger partial charge in [-0.05, 0) is 54.6 Å². The van der Waals surface area contributed by atoms with Crippen molar-refractivity contribution in [2.45, 2.75) is 0 Å². The Morgan fingerprint density at radius 3 is 1.89 bits per heavy atom. The molecule has 0 saturated carbocycles. The lowest BCUT2D eigenvalue weighted by Crippen LogP contribution is -2.09. The number of para-hydroxylation sites is 2. The van der Waals surface area contributed by atoms with Crippen LogP contribution in [0.3, 0.4) is 0 Å². The first-order valence-electron chi connectivity index (χ1n) is 8.85. The zero-order valence-electron chi connectivity index (χ0n) is 14.5. The molecule has 1 heterocycles. The summed E-state index contributed by atoms with van der Waals surface area (Å²) in [5.74, 6) is 0.240. The van der Waals surface area contributed by atoms with E-state index in [4.69, 9.17) is 4.42 Å². The Bertz CT molecular complexity index is 1190. The van der Waals surface area contributed by atoms with Crippen molar-refractivity contribution in [2.75, 3.05) is 4.90 Å². The molecule has 0 radical (unpaired) electrons. The van der Waals surface area contributed by atoms with E-state index >= 15 is 0 Å². The van der Waals surface area contributed by atoms with Crippen LogP contribution in [0.15, 0.2) is 101 Å². The first kappa shape index (κ1) is 15.5. The fourth-order valence-corrected chi connectivity index (χ4v) is 3.49. The average Bonchev–Trinajstić information content (AvgIpc) is 3.07. The molecule has 0 aliphatic carbocycles. The molecule has 3 nitrogen and oxygen atoms in total. The van der Waals surface area contributed by atoms with Gasteiger partial charge in [-0.25, -0.2) is 0 Å². The van der Waals surface area contributed by atoms with Crippen LogP contribution in [0.5, 0.6) is 5.75 Å². The quantitative estimate of drug-likeness (QED) is 0.390. The number of hydrogen-bond donors (Lipinski definition) is 1. The number of benzene rings is 4. The summed E-state index contributed by atoms with van der Waals surface area (Å²) >= 11 is 0. The predicted octanol–water partition coefficient (Wildman–Crippen LogP) is 6.76. The molecule has 4 aromatic carbocycles. The Balaban J connectivity index is 1.72. The maximum Gasteiger partial charge on any atom is 0.137 e. The van der Waals surface area contributed by atoms with Gasteiger partial charge in [0.25, 0.3) is 0 Å². The maximum absolute atomic E-state index is 9.80. The highest BCUT2D eigenvalue weighted by Crippen LogP contribution is 2.38. The number of hydrogen-bond acceptors (Lipinski definition) is 3. The van der Waals surface area contributed by atoms with Gasteiger partial charge in [-0.2, -0.15) is 0 Å². The van der Waals surface area contributed by atoms with E-state index in [-0.39, 0.29) is 5.75 Å². The Morgan fingerprint density at radius 1 is 0.556 bits per heavy atom. The molecule has 0 amide bonds. The van der Waals surface area contributed by atoms with Crippen molar-refractivity contribution in [3.63, 3.8) is 0 Å². The lowest BCUT2D eigenvalue weighted by molar-refractivity contribution is 0.476. The van der Waals surface area contributed by atoms with Crippen LogP contribution in [0, 0.1) is 0 Å². The van der Waals surface area contributed by atoms with Crippen molar-refractivity contribution in [1.29, 1.82) is 0 Å². The SMILES string of the molecule is Oc1ccc2oc3cc(N(c4ccccc4)c4ccccc4)ccc3c2c1. The molecule has 130 valence electrons. The first-order chi connectivity index (χ1) is 13.3. The summed E-state index contributed by atoms with van der Waals surface area (Å²) < 4.78 is 6.03. The second kappa shape index (κ2) is 6.22. The Kier molecular flexibility index (Phi) is 3.58. The normalized spacial score (nSPS) is 11.1. The van der Waals surface area contributed by atoms with Gasteiger partial charge in [0.2, 0.25) is 0 Å². The zero-order valence-corrected chi connectivity index (χ0v) is 14.5. The van der Waals surface area contributed by atoms with Crippen LogP contribution in [-0.2, 0) is 0 Å². The molecule has 0 bridgehead atoms. The van der Waals surface area contributed by atoms with E-state index in [1.807, 2.05) is 42.5 Å². The number of rotatable bonds is 3. The van der Waals surface area contributed by atoms with Gasteiger partial charge in [-0.15, -0.1) is 0 Å². The largest absolute Gasteiger partial charge is 0.508 e. The van der Waals surface area contributed by atoms with Gasteiger partial charge in [0.15, 0.2) is 0 Å². The highest BCUT2D eigenvalue weighted by molar-refractivity contribution is 6.06. The van der Waals surface area contributed by atoms with Gasteiger partial charge < -0.3 is 14.4 Å². The number of furan rings is 1. The molecule has 5 rings (SSSR count). The molecule has 5 aromatic rings. The van der Waals surface area contributed by atoms with Crippen molar-refractivity contribution < 1.29 is 9.52 Å². The Hall–Kier alpha value is -3.72. The van der Waals surface area contributed by atoms with Gasteiger partial charge in [-0.1, -0.05) is 36.4 Å². The molecule has 0 saturated heterocycles. The van der Waals surface area contributed by atoms with Crippen molar-refractivity contribution >= 4 is 39.0 Å². The second-order valence-corrected chi connectivity index (χ2v) is 6.47. The van der Waals surface area contributed by atoms with Crippen molar-refractivity contribution in [2.24, 2.45) is 0 Å². The van der Waals surface area contributed by atoms with Crippen LogP contribution in [0.25, 0.3) is 21.9 Å². The highest BCUT2D eigenvalue weighted by atomic mass is 16.3. The molecular formula is C24H17NO2. The van der Waals surface area contributed by atoms with E-state index in [0.29, 0.717) is 0 Å². The van der Waals surface area contributed by atoms with Gasteiger partial charge in [0.1, 0.15) is 16.9 Å². The van der Waals surface area contributed by atoms with Crippen molar-refractivity contribution in [3.05, 3.63) is 97.1 Å². The summed E-state index contributed by atoms with van der Waals surface area (Å²) in [6, 6.07) is 31.9. The number of nitrogens with zero attached hydrogens (tertiary/aromatic N) is 1. The third kappa shape index (κ3) is 2.70. The summed E-state index contributed by atoms with van der Waals surface area (Å²) in [7, 11) is 0. The fraction of sp³-hybridized carbons (Fsp3) is 0. The van der Waals surface area contributed by atoms with Crippen LogP contribution in [-0.4, -0.2) is 5.11 Å². The average molecular weight is 351 g/mol. The molecular weight excluding hydrogens is 334 g/mol. The fourth-order valence-electron chi connectivity index (χ4n) is 3.49. The zero-order chi connectivity index (χ0) is 18.2. The van der Waals surface area contributed by atoms with E-state index in [0.717, 1.165) is 39.0 Å². The molecule has 1 aromatic heterocycles. The highest BCUT2D eigenvalue weighted by Gasteiger charge is 2.15. The van der Waals surface area contributed by atoms with Gasteiger partial charge in [0.05, 0.1) is 0 Å². The standard InChI is InChI=1S/C24H17NO2/c26-20-12-14-23-22(16-20)21-13-11-19(15-24(21)27-23)25(17-7-3-1-4-8-17)18-9-5-2-6-10-18/h1-16,26H. The van der Waals surface area contributed by atoms with E-state index in [2.05, 4.69) is 41.3 Å². The smallest absolute Gasteiger partial charge is 0.137 e.